The van der Waals surface area contributed by atoms with Crippen molar-refractivity contribution in [3.05, 3.63) is 29.8 Å². The molecule has 0 aliphatic heterocycles. The largest absolute Gasteiger partial charge is 0.370 e. The first-order chi connectivity index (χ1) is 8.67. The molecule has 0 spiro atoms. The second kappa shape index (κ2) is 5.77. The van der Waals surface area contributed by atoms with Crippen LogP contribution in [0.1, 0.15) is 18.4 Å². The molecule has 2 aromatic rings. The molecule has 0 unspecified atom stereocenters. The summed E-state index contributed by atoms with van der Waals surface area (Å²) in [6.45, 7) is 6.69. The summed E-state index contributed by atoms with van der Waals surface area (Å²) in [6, 6.07) is 3.78. The van der Waals surface area contributed by atoms with Gasteiger partial charge in [0.25, 0.3) is 0 Å². The highest BCUT2D eigenvalue weighted by atomic mass is 32.2. The van der Waals surface area contributed by atoms with Crippen LogP contribution in [0.5, 0.6) is 0 Å². The Bertz CT molecular complexity index is 544. The zero-order chi connectivity index (χ0) is 13.0. The lowest BCUT2D eigenvalue weighted by Crippen LogP contribution is -2.02. The predicted molar refractivity (Wildman–Crippen MR) is 71.8 cm³/mol. The molecule has 0 bridgehead atoms. The minimum Gasteiger partial charge on any atom is -0.370 e. The maximum Gasteiger partial charge on any atom is 0.194 e. The van der Waals surface area contributed by atoms with Gasteiger partial charge in [0.2, 0.25) is 0 Å². The molecule has 0 aliphatic carbocycles. The first kappa shape index (κ1) is 12.8. The Morgan fingerprint density at radius 2 is 2.06 bits per heavy atom. The van der Waals surface area contributed by atoms with E-state index in [9.17, 15) is 0 Å². The third-order valence-corrected chi connectivity index (χ3v) is 2.94. The van der Waals surface area contributed by atoms with Crippen molar-refractivity contribution in [1.82, 2.24) is 19.9 Å². The van der Waals surface area contributed by atoms with Crippen molar-refractivity contribution < 1.29 is 0 Å². The Morgan fingerprint density at radius 3 is 2.78 bits per heavy atom. The number of hydrogen-bond donors (Lipinski definition) is 1. The van der Waals surface area contributed by atoms with Crippen molar-refractivity contribution in [3.8, 4) is 0 Å². The summed E-state index contributed by atoms with van der Waals surface area (Å²) in [6.07, 6.45) is 1.75. The minimum absolute atomic E-state index is 0.704. The molecule has 0 aliphatic rings. The quantitative estimate of drug-likeness (QED) is 0.674. The molecule has 2 aromatic heterocycles. The number of nitrogens with zero attached hydrogens (tertiary/aromatic N) is 4. The van der Waals surface area contributed by atoms with Crippen LogP contribution < -0.4 is 5.32 Å². The van der Waals surface area contributed by atoms with E-state index in [0.29, 0.717) is 5.16 Å². The van der Waals surface area contributed by atoms with E-state index in [2.05, 4.69) is 25.3 Å². The highest BCUT2D eigenvalue weighted by Crippen LogP contribution is 2.24. The monoisotopic (exact) mass is 261 g/mol. The maximum atomic E-state index is 4.37. The molecule has 5 nitrogen and oxygen atoms in total. The van der Waals surface area contributed by atoms with Gasteiger partial charge in [-0.1, -0.05) is 0 Å². The molecule has 0 aromatic carbocycles. The smallest absolute Gasteiger partial charge is 0.194 e. The minimum atomic E-state index is 0.704. The fraction of sp³-hybridized carbons (Fsp3) is 0.333. The molecule has 2 rings (SSSR count). The summed E-state index contributed by atoms with van der Waals surface area (Å²) >= 11 is 1.44. The lowest BCUT2D eigenvalue weighted by molar-refractivity contribution is 0.916. The summed E-state index contributed by atoms with van der Waals surface area (Å²) in [4.78, 5) is 17.2. The fourth-order valence-corrected chi connectivity index (χ4v) is 2.27. The summed E-state index contributed by atoms with van der Waals surface area (Å²) in [5, 5.41) is 4.74. The first-order valence-corrected chi connectivity index (χ1v) is 6.56. The third kappa shape index (κ3) is 3.40. The normalized spacial score (nSPS) is 10.4. The number of nitrogens with one attached hydrogen (secondary N) is 1. The van der Waals surface area contributed by atoms with Gasteiger partial charge in [0.15, 0.2) is 5.16 Å². The van der Waals surface area contributed by atoms with Crippen LogP contribution in [0.2, 0.25) is 0 Å². The second-order valence-corrected chi connectivity index (χ2v) is 4.74. The molecule has 1 N–H and O–H groups in total. The van der Waals surface area contributed by atoms with Gasteiger partial charge in [-0.2, -0.15) is 0 Å². The van der Waals surface area contributed by atoms with E-state index in [0.717, 1.165) is 28.9 Å². The van der Waals surface area contributed by atoms with Gasteiger partial charge in [-0.15, -0.1) is 0 Å². The van der Waals surface area contributed by atoms with Crippen LogP contribution in [-0.2, 0) is 0 Å². The Kier molecular flexibility index (Phi) is 4.09. The van der Waals surface area contributed by atoms with Crippen molar-refractivity contribution in [2.45, 2.75) is 31.0 Å². The maximum absolute atomic E-state index is 4.37. The van der Waals surface area contributed by atoms with Crippen LogP contribution in [0.4, 0.5) is 5.82 Å². The highest BCUT2D eigenvalue weighted by Gasteiger charge is 2.05. The molecule has 18 heavy (non-hydrogen) atoms. The molecule has 94 valence electrons. The zero-order valence-electron chi connectivity index (χ0n) is 10.6. The van der Waals surface area contributed by atoms with E-state index in [-0.39, 0.29) is 0 Å². The van der Waals surface area contributed by atoms with Crippen LogP contribution in [-0.4, -0.2) is 26.5 Å². The van der Waals surface area contributed by atoms with Crippen LogP contribution in [0.15, 0.2) is 28.5 Å². The Morgan fingerprint density at radius 1 is 1.22 bits per heavy atom. The SMILES string of the molecule is CCNc1cc(Sc2nccc(C)n2)nc(C)n1. The van der Waals surface area contributed by atoms with Crippen molar-refractivity contribution in [2.75, 3.05) is 11.9 Å². The van der Waals surface area contributed by atoms with E-state index < -0.39 is 0 Å². The summed E-state index contributed by atoms with van der Waals surface area (Å²) < 4.78 is 0. The van der Waals surface area contributed by atoms with Crippen LogP contribution in [0.25, 0.3) is 0 Å². The molecule has 0 radical (unpaired) electrons. The molecule has 0 fully saturated rings. The van der Waals surface area contributed by atoms with E-state index in [1.807, 2.05) is 32.9 Å². The van der Waals surface area contributed by atoms with Crippen molar-refractivity contribution in [2.24, 2.45) is 0 Å². The molecular weight excluding hydrogens is 246 g/mol. The molecule has 0 atom stereocenters. The predicted octanol–water partition coefficient (Wildman–Crippen LogP) is 2.47. The summed E-state index contributed by atoms with van der Waals surface area (Å²) in [7, 11) is 0. The standard InChI is InChI=1S/C12H15N5S/c1-4-13-10-7-11(17-9(3)16-10)18-12-14-6-5-8(2)15-12/h5-7H,4H2,1-3H3,(H,13,16,17). The zero-order valence-corrected chi connectivity index (χ0v) is 11.5. The van der Waals surface area contributed by atoms with Crippen molar-refractivity contribution >= 4 is 17.6 Å². The van der Waals surface area contributed by atoms with Crippen LogP contribution >= 0.6 is 11.8 Å². The van der Waals surface area contributed by atoms with E-state index in [4.69, 9.17) is 0 Å². The van der Waals surface area contributed by atoms with E-state index >= 15 is 0 Å². The summed E-state index contributed by atoms with van der Waals surface area (Å²) in [5.41, 5.74) is 0.949. The molecule has 2 heterocycles. The van der Waals surface area contributed by atoms with E-state index in [1.54, 1.807) is 6.20 Å². The van der Waals surface area contributed by atoms with E-state index in [1.165, 1.54) is 11.8 Å². The number of rotatable bonds is 4. The van der Waals surface area contributed by atoms with Gasteiger partial charge in [-0.05, 0) is 38.6 Å². The average molecular weight is 261 g/mol. The van der Waals surface area contributed by atoms with Gasteiger partial charge in [0.1, 0.15) is 16.7 Å². The van der Waals surface area contributed by atoms with Gasteiger partial charge in [0, 0.05) is 24.5 Å². The fourth-order valence-electron chi connectivity index (χ4n) is 1.43. The van der Waals surface area contributed by atoms with Crippen molar-refractivity contribution in [3.63, 3.8) is 0 Å². The van der Waals surface area contributed by atoms with Crippen molar-refractivity contribution in [1.29, 1.82) is 0 Å². The lowest BCUT2D eigenvalue weighted by atomic mass is 10.5. The average Bonchev–Trinajstić information content (AvgIpc) is 2.28. The Hall–Kier alpha value is -1.69. The topological polar surface area (TPSA) is 63.6 Å². The van der Waals surface area contributed by atoms with Gasteiger partial charge >= 0.3 is 0 Å². The Balaban J connectivity index is 2.23. The molecular formula is C12H15N5S. The summed E-state index contributed by atoms with van der Waals surface area (Å²) in [5.74, 6) is 1.57. The van der Waals surface area contributed by atoms with Crippen LogP contribution in [0.3, 0.4) is 0 Å². The first-order valence-electron chi connectivity index (χ1n) is 5.74. The third-order valence-electron chi connectivity index (χ3n) is 2.14. The molecule has 6 heteroatoms. The van der Waals surface area contributed by atoms with Gasteiger partial charge in [-0.3, -0.25) is 0 Å². The number of aromatic nitrogens is 4. The molecule has 0 amide bonds. The molecule has 0 saturated heterocycles. The van der Waals surface area contributed by atoms with Gasteiger partial charge in [-0.25, -0.2) is 19.9 Å². The number of aryl methyl sites for hydroxylation is 2. The second-order valence-electron chi connectivity index (χ2n) is 3.75. The van der Waals surface area contributed by atoms with Crippen LogP contribution in [0, 0.1) is 13.8 Å². The lowest BCUT2D eigenvalue weighted by Gasteiger charge is -2.06. The number of anilines is 1. The number of hydrogen-bond acceptors (Lipinski definition) is 6. The molecule has 0 saturated carbocycles. The Labute approximate surface area is 110 Å². The van der Waals surface area contributed by atoms with Gasteiger partial charge < -0.3 is 5.32 Å². The highest BCUT2D eigenvalue weighted by molar-refractivity contribution is 7.99. The van der Waals surface area contributed by atoms with Gasteiger partial charge in [0.05, 0.1) is 0 Å².